The van der Waals surface area contributed by atoms with Crippen molar-refractivity contribution in [2.75, 3.05) is 5.32 Å². The third-order valence-corrected chi connectivity index (χ3v) is 7.94. The molecule has 1 aromatic heterocycles. The number of carbonyl (C=O) groups excluding carboxylic acids is 1. The van der Waals surface area contributed by atoms with Gasteiger partial charge in [0.05, 0.1) is 11.1 Å². The first-order valence-electron chi connectivity index (χ1n) is 13.1. The number of hydrogen-bond donors (Lipinski definition) is 2. The standard InChI is InChI=1S/C33H25ClFNO5/c1-19(24-5-2-3-7-26(24)34)40-32(39)36-28-25-6-4-8-27(35)30(25)41-29(28)22-11-9-20(10-12-22)21-13-15-23(16-14-21)33(17-18-33)31(37)38/h2-16,19H,17-18H2,1H3,(H,36,39)(H,37,38). The fourth-order valence-corrected chi connectivity index (χ4v) is 5.41. The highest BCUT2D eigenvalue weighted by atomic mass is 35.5. The van der Waals surface area contributed by atoms with Crippen molar-refractivity contribution in [1.29, 1.82) is 0 Å². The third-order valence-electron chi connectivity index (χ3n) is 7.60. The lowest BCUT2D eigenvalue weighted by Crippen LogP contribution is -2.19. The number of ether oxygens (including phenoxy) is 1. The highest BCUT2D eigenvalue weighted by Gasteiger charge is 2.51. The van der Waals surface area contributed by atoms with Crippen LogP contribution in [0.4, 0.5) is 14.9 Å². The van der Waals surface area contributed by atoms with Gasteiger partial charge in [-0.05, 0) is 54.7 Å². The molecule has 0 bridgehead atoms. The van der Waals surface area contributed by atoms with Gasteiger partial charge in [0, 0.05) is 21.5 Å². The largest absolute Gasteiger partial charge is 0.481 e. The molecule has 8 heteroatoms. The van der Waals surface area contributed by atoms with Gasteiger partial charge in [-0.1, -0.05) is 84.4 Å². The molecule has 6 rings (SSSR count). The van der Waals surface area contributed by atoms with E-state index in [9.17, 15) is 19.1 Å². The molecule has 1 saturated carbocycles. The Morgan fingerprint density at radius 2 is 1.56 bits per heavy atom. The van der Waals surface area contributed by atoms with Gasteiger partial charge in [-0.15, -0.1) is 0 Å². The van der Waals surface area contributed by atoms with Gasteiger partial charge >= 0.3 is 12.1 Å². The zero-order valence-electron chi connectivity index (χ0n) is 22.0. The van der Waals surface area contributed by atoms with E-state index in [0.29, 0.717) is 34.4 Å². The lowest BCUT2D eigenvalue weighted by Gasteiger charge is -2.15. The van der Waals surface area contributed by atoms with E-state index in [1.807, 2.05) is 48.5 Å². The quantitative estimate of drug-likeness (QED) is 0.204. The molecule has 0 saturated heterocycles. The van der Waals surface area contributed by atoms with Gasteiger partial charge in [0.1, 0.15) is 6.10 Å². The van der Waals surface area contributed by atoms with Gasteiger partial charge < -0.3 is 14.3 Å². The van der Waals surface area contributed by atoms with Crippen molar-refractivity contribution >= 4 is 40.3 Å². The van der Waals surface area contributed by atoms with Crippen LogP contribution < -0.4 is 5.32 Å². The average Bonchev–Trinajstić information content (AvgIpc) is 3.71. The molecule has 1 aliphatic rings. The van der Waals surface area contributed by atoms with Crippen molar-refractivity contribution in [2.45, 2.75) is 31.3 Å². The zero-order chi connectivity index (χ0) is 28.7. The predicted molar refractivity (Wildman–Crippen MR) is 156 cm³/mol. The summed E-state index contributed by atoms with van der Waals surface area (Å²) in [6.45, 7) is 1.71. The summed E-state index contributed by atoms with van der Waals surface area (Å²) in [6.07, 6.45) is -0.0654. The summed E-state index contributed by atoms with van der Waals surface area (Å²) in [5.41, 5.74) is 3.47. The molecule has 5 aromatic rings. The topological polar surface area (TPSA) is 88.8 Å². The van der Waals surface area contributed by atoms with Gasteiger partial charge in [-0.3, -0.25) is 10.1 Å². The monoisotopic (exact) mass is 569 g/mol. The van der Waals surface area contributed by atoms with E-state index < -0.39 is 29.4 Å². The van der Waals surface area contributed by atoms with Crippen molar-refractivity contribution in [3.63, 3.8) is 0 Å². The number of carboxylic acids is 1. The Labute approximate surface area is 240 Å². The molecule has 206 valence electrons. The molecular formula is C33H25ClFNO5. The lowest BCUT2D eigenvalue weighted by atomic mass is 9.93. The van der Waals surface area contributed by atoms with E-state index in [0.717, 1.165) is 16.7 Å². The van der Waals surface area contributed by atoms with Gasteiger partial charge in [0.25, 0.3) is 0 Å². The molecule has 1 unspecified atom stereocenters. The lowest BCUT2D eigenvalue weighted by molar-refractivity contribution is -0.140. The van der Waals surface area contributed by atoms with Crippen LogP contribution in [-0.2, 0) is 14.9 Å². The molecule has 0 radical (unpaired) electrons. The number of fused-ring (bicyclic) bond motifs is 1. The molecule has 41 heavy (non-hydrogen) atoms. The van der Waals surface area contributed by atoms with E-state index in [4.69, 9.17) is 20.8 Å². The Balaban J connectivity index is 1.28. The first-order chi connectivity index (χ1) is 19.8. The molecule has 1 fully saturated rings. The minimum atomic E-state index is -0.788. The molecule has 1 amide bonds. The second-order valence-corrected chi connectivity index (χ2v) is 10.6. The van der Waals surface area contributed by atoms with Crippen LogP contribution >= 0.6 is 11.6 Å². The second-order valence-electron chi connectivity index (χ2n) is 10.2. The van der Waals surface area contributed by atoms with E-state index >= 15 is 0 Å². The summed E-state index contributed by atoms with van der Waals surface area (Å²) in [6, 6.07) is 26.6. The number of amides is 1. The molecular weight excluding hydrogens is 545 g/mol. The van der Waals surface area contributed by atoms with Crippen LogP contribution in [0.2, 0.25) is 5.02 Å². The molecule has 2 N–H and O–H groups in total. The second kappa shape index (κ2) is 10.4. The van der Waals surface area contributed by atoms with Crippen LogP contribution in [0.15, 0.2) is 95.4 Å². The van der Waals surface area contributed by atoms with Crippen LogP contribution in [0.3, 0.4) is 0 Å². The number of aliphatic carboxylic acids is 1. The van der Waals surface area contributed by atoms with Crippen molar-refractivity contribution in [2.24, 2.45) is 0 Å². The summed E-state index contributed by atoms with van der Waals surface area (Å²) >= 11 is 6.25. The Bertz CT molecular complexity index is 1770. The van der Waals surface area contributed by atoms with Gasteiger partial charge in [-0.2, -0.15) is 0 Å². The molecule has 0 aliphatic heterocycles. The third kappa shape index (κ3) is 4.93. The number of carbonyl (C=O) groups is 2. The van der Waals surface area contributed by atoms with Crippen LogP contribution in [0.25, 0.3) is 33.4 Å². The first kappa shape index (κ1) is 26.6. The zero-order valence-corrected chi connectivity index (χ0v) is 22.7. The van der Waals surface area contributed by atoms with Crippen LogP contribution in [0.5, 0.6) is 0 Å². The Kier molecular flexibility index (Phi) is 6.75. The number of rotatable bonds is 7. The number of carboxylic acid groups (broad SMARTS) is 1. The SMILES string of the molecule is CC(OC(=O)Nc1c(-c2ccc(-c3ccc(C4(C(=O)O)CC4)cc3)cc2)oc2c(F)cccc12)c1ccccc1Cl. The Morgan fingerprint density at radius 1 is 0.927 bits per heavy atom. The number of hydrogen-bond acceptors (Lipinski definition) is 4. The number of para-hydroxylation sites is 1. The van der Waals surface area contributed by atoms with Crippen molar-refractivity contribution in [3.05, 3.63) is 113 Å². The van der Waals surface area contributed by atoms with Crippen molar-refractivity contribution in [1.82, 2.24) is 0 Å². The van der Waals surface area contributed by atoms with Crippen molar-refractivity contribution < 1.29 is 28.2 Å². The maximum atomic E-state index is 14.7. The number of anilines is 1. The fourth-order valence-electron chi connectivity index (χ4n) is 5.12. The van der Waals surface area contributed by atoms with Gasteiger partial charge in [0.2, 0.25) is 0 Å². The summed E-state index contributed by atoms with van der Waals surface area (Å²) in [7, 11) is 0. The van der Waals surface area contributed by atoms with E-state index in [2.05, 4.69) is 5.32 Å². The highest BCUT2D eigenvalue weighted by Crippen LogP contribution is 2.48. The van der Waals surface area contributed by atoms with Gasteiger partial charge in [-0.25, -0.2) is 9.18 Å². The van der Waals surface area contributed by atoms with E-state index in [1.165, 1.54) is 6.07 Å². The Morgan fingerprint density at radius 3 is 2.20 bits per heavy atom. The summed E-state index contributed by atoms with van der Waals surface area (Å²) in [5, 5.41) is 13.2. The molecule has 6 nitrogen and oxygen atoms in total. The van der Waals surface area contributed by atoms with Crippen LogP contribution in [0.1, 0.15) is 37.0 Å². The van der Waals surface area contributed by atoms with E-state index in [-0.39, 0.29) is 17.0 Å². The number of furan rings is 1. The number of nitrogens with one attached hydrogen (secondary N) is 1. The number of halogens is 2. The number of benzene rings is 4. The first-order valence-corrected chi connectivity index (χ1v) is 13.5. The highest BCUT2D eigenvalue weighted by molar-refractivity contribution is 6.31. The molecule has 1 atom stereocenters. The normalized spacial score (nSPS) is 14.4. The van der Waals surface area contributed by atoms with E-state index in [1.54, 1.807) is 43.3 Å². The smallest absolute Gasteiger partial charge is 0.412 e. The molecule has 0 spiro atoms. The predicted octanol–water partition coefficient (Wildman–Crippen LogP) is 8.99. The van der Waals surface area contributed by atoms with Crippen molar-refractivity contribution in [3.8, 4) is 22.5 Å². The summed E-state index contributed by atoms with van der Waals surface area (Å²) in [4.78, 5) is 24.6. The van der Waals surface area contributed by atoms with Crippen LogP contribution in [0, 0.1) is 5.82 Å². The molecule has 1 aliphatic carbocycles. The average molecular weight is 570 g/mol. The Hall–Kier alpha value is -4.62. The molecule has 4 aromatic carbocycles. The maximum absolute atomic E-state index is 14.7. The summed E-state index contributed by atoms with van der Waals surface area (Å²) < 4.78 is 26.2. The fraction of sp³-hybridized carbons (Fsp3) is 0.152. The van der Waals surface area contributed by atoms with Gasteiger partial charge in [0.15, 0.2) is 17.2 Å². The molecule has 1 heterocycles. The minimum Gasteiger partial charge on any atom is -0.481 e. The van der Waals surface area contributed by atoms with Crippen LogP contribution in [-0.4, -0.2) is 17.2 Å². The summed E-state index contributed by atoms with van der Waals surface area (Å²) in [5.74, 6) is -1.06. The minimum absolute atomic E-state index is 0.0176. The maximum Gasteiger partial charge on any atom is 0.412 e.